The molecule has 5 heteroatoms. The molecule has 0 bridgehead atoms. The van der Waals surface area contributed by atoms with Crippen molar-refractivity contribution >= 4 is 12.7 Å². The Hall–Kier alpha value is -0.940. The molecule has 0 aromatic heterocycles. The first-order valence-electron chi connectivity index (χ1n) is 6.99. The van der Waals surface area contributed by atoms with Gasteiger partial charge < -0.3 is 21.2 Å². The van der Waals surface area contributed by atoms with E-state index in [0.717, 1.165) is 18.9 Å². The monoisotopic (exact) mass is 277 g/mol. The first-order valence-corrected chi connectivity index (χ1v) is 6.99. The second kappa shape index (κ2) is 30.3. The van der Waals surface area contributed by atoms with E-state index in [9.17, 15) is 9.59 Å². The number of nitrogens with two attached hydrogens (primary N) is 1. The Morgan fingerprint density at radius 2 is 1.58 bits per heavy atom. The molecule has 0 saturated heterocycles. The molecule has 118 valence electrons. The van der Waals surface area contributed by atoms with Gasteiger partial charge in [-0.3, -0.25) is 4.79 Å². The fourth-order valence-electron chi connectivity index (χ4n) is 0.430. The van der Waals surface area contributed by atoms with Crippen molar-refractivity contribution in [3.05, 3.63) is 0 Å². The van der Waals surface area contributed by atoms with E-state index >= 15 is 0 Å². The third kappa shape index (κ3) is 47.1. The maximum absolute atomic E-state index is 9.34. The van der Waals surface area contributed by atoms with Gasteiger partial charge in [-0.2, -0.15) is 0 Å². The van der Waals surface area contributed by atoms with E-state index in [-0.39, 0.29) is 6.54 Å². The fraction of sp³-hybridized carbons (Fsp3) is 0.857. The van der Waals surface area contributed by atoms with Gasteiger partial charge in [0.2, 0.25) is 6.41 Å². The van der Waals surface area contributed by atoms with Crippen molar-refractivity contribution in [1.29, 1.82) is 0 Å². The number of carbonyl (C=O) groups excluding carboxylic acids is 2. The van der Waals surface area contributed by atoms with Gasteiger partial charge in [0.15, 0.2) is 0 Å². The summed E-state index contributed by atoms with van der Waals surface area (Å²) in [5, 5.41) is 5.31. The molecule has 0 aliphatic carbocycles. The van der Waals surface area contributed by atoms with Crippen molar-refractivity contribution in [2.75, 3.05) is 20.1 Å². The molecule has 1 unspecified atom stereocenters. The highest BCUT2D eigenvalue weighted by Gasteiger charge is 2.00. The van der Waals surface area contributed by atoms with Gasteiger partial charge >= 0.3 is 0 Å². The molecular formula is C14H35N3O2. The van der Waals surface area contributed by atoms with Crippen LogP contribution in [0.1, 0.15) is 48.0 Å². The predicted molar refractivity (Wildman–Crippen MR) is 84.2 cm³/mol. The normalized spacial score (nSPS) is 9.53. The fourth-order valence-corrected chi connectivity index (χ4v) is 0.430. The highest BCUT2D eigenvalue weighted by molar-refractivity contribution is 5.58. The van der Waals surface area contributed by atoms with Gasteiger partial charge in [-0.15, -0.1) is 0 Å². The molecule has 0 fully saturated rings. The predicted octanol–water partition coefficient (Wildman–Crippen LogP) is 1.56. The third-order valence-corrected chi connectivity index (χ3v) is 2.03. The van der Waals surface area contributed by atoms with E-state index in [2.05, 4.69) is 38.3 Å². The van der Waals surface area contributed by atoms with Gasteiger partial charge in [0.05, 0.1) is 6.54 Å². The number of carbonyl (C=O) groups is 2. The number of rotatable bonds is 6. The summed E-state index contributed by atoms with van der Waals surface area (Å²) in [5.74, 6) is 0.755. The van der Waals surface area contributed by atoms with Gasteiger partial charge in [-0.25, -0.2) is 0 Å². The maximum Gasteiger partial charge on any atom is 0.207 e. The van der Waals surface area contributed by atoms with Crippen molar-refractivity contribution < 1.29 is 9.59 Å². The number of hydrogen-bond donors (Lipinski definition) is 3. The molecule has 1 amide bonds. The van der Waals surface area contributed by atoms with Crippen LogP contribution in [-0.2, 0) is 9.59 Å². The number of hydrogen-bond acceptors (Lipinski definition) is 4. The number of amides is 1. The van der Waals surface area contributed by atoms with Crippen molar-refractivity contribution in [3.63, 3.8) is 0 Å². The SMILES string of the molecule is CC.CCCN.CNC(C)C(C)C.O=CCNC=O. The molecule has 4 N–H and O–H groups in total. The van der Waals surface area contributed by atoms with Crippen LogP contribution in [0.15, 0.2) is 0 Å². The lowest BCUT2D eigenvalue weighted by Crippen LogP contribution is -2.26. The topological polar surface area (TPSA) is 84.2 Å². The summed E-state index contributed by atoms with van der Waals surface area (Å²) >= 11 is 0. The average Bonchev–Trinajstić information content (AvgIpc) is 2.47. The quantitative estimate of drug-likeness (QED) is 0.508. The van der Waals surface area contributed by atoms with E-state index in [1.54, 1.807) is 0 Å². The molecule has 0 aliphatic heterocycles. The van der Waals surface area contributed by atoms with Crippen LogP contribution < -0.4 is 16.4 Å². The molecule has 0 radical (unpaired) electrons. The lowest BCUT2D eigenvalue weighted by Gasteiger charge is -2.12. The zero-order chi connectivity index (χ0) is 16.1. The molecule has 0 rings (SSSR count). The van der Waals surface area contributed by atoms with E-state index in [1.165, 1.54) is 0 Å². The van der Waals surface area contributed by atoms with Gasteiger partial charge in [-0.05, 0) is 32.9 Å². The summed E-state index contributed by atoms with van der Waals surface area (Å²) in [7, 11) is 1.99. The second-order valence-corrected chi connectivity index (χ2v) is 3.80. The Morgan fingerprint density at radius 3 is 1.63 bits per heavy atom. The number of nitrogens with one attached hydrogen (secondary N) is 2. The van der Waals surface area contributed by atoms with Crippen LogP contribution in [0.2, 0.25) is 0 Å². The Balaban J connectivity index is -0.0000000858. The first kappa shape index (κ1) is 26.6. The highest BCUT2D eigenvalue weighted by Crippen LogP contribution is 1.96. The molecule has 1 atom stereocenters. The van der Waals surface area contributed by atoms with Crippen LogP contribution in [0.5, 0.6) is 0 Å². The molecule has 0 aliphatic rings. The van der Waals surface area contributed by atoms with Crippen molar-refractivity contribution in [2.24, 2.45) is 11.7 Å². The van der Waals surface area contributed by atoms with Crippen molar-refractivity contribution in [1.82, 2.24) is 10.6 Å². The number of aldehydes is 1. The molecule has 0 saturated carbocycles. The average molecular weight is 277 g/mol. The Kier molecular flexibility index (Phi) is 42.3. The maximum atomic E-state index is 9.34. The van der Waals surface area contributed by atoms with Crippen LogP contribution in [0.3, 0.4) is 0 Å². The molecule has 0 spiro atoms. The zero-order valence-corrected chi connectivity index (χ0v) is 13.8. The molecule has 19 heavy (non-hydrogen) atoms. The lowest BCUT2D eigenvalue weighted by molar-refractivity contribution is -0.113. The molecule has 0 heterocycles. The molecule has 0 aromatic rings. The highest BCUT2D eigenvalue weighted by atomic mass is 16.1. The minimum absolute atomic E-state index is 0.115. The first-order chi connectivity index (χ1) is 9.01. The van der Waals surface area contributed by atoms with Gasteiger partial charge in [0.1, 0.15) is 6.29 Å². The summed E-state index contributed by atoms with van der Waals surface area (Å²) < 4.78 is 0. The van der Waals surface area contributed by atoms with Gasteiger partial charge in [0, 0.05) is 6.04 Å². The van der Waals surface area contributed by atoms with Crippen LogP contribution >= 0.6 is 0 Å². The Labute approximate surface area is 119 Å². The summed E-state index contributed by atoms with van der Waals surface area (Å²) in [4.78, 5) is 18.6. The summed E-state index contributed by atoms with van der Waals surface area (Å²) in [6, 6.07) is 0.653. The van der Waals surface area contributed by atoms with Gasteiger partial charge in [0.25, 0.3) is 0 Å². The molecular weight excluding hydrogens is 242 g/mol. The van der Waals surface area contributed by atoms with Crippen molar-refractivity contribution in [3.8, 4) is 0 Å². The molecule has 0 aromatic carbocycles. The van der Waals surface area contributed by atoms with Crippen LogP contribution in [0.4, 0.5) is 0 Å². The van der Waals surface area contributed by atoms with E-state index in [0.29, 0.717) is 18.7 Å². The smallest absolute Gasteiger partial charge is 0.207 e. The minimum atomic E-state index is 0.115. The Bertz CT molecular complexity index is 144. The minimum Gasteiger partial charge on any atom is -0.352 e. The standard InChI is InChI=1S/C6H15N.C3H5NO2.C3H9N.C2H6/c1-5(2)6(3)7-4;5-2-1-4-3-6;1-2-3-4;1-2/h5-7H,1-4H3;2-3H,1H2,(H,4,6);2-4H2,1H3;1-2H3. The summed E-state index contributed by atoms with van der Waals surface area (Å²) in [6.07, 6.45) is 2.20. The van der Waals surface area contributed by atoms with Crippen molar-refractivity contribution in [2.45, 2.75) is 54.0 Å². The third-order valence-electron chi connectivity index (χ3n) is 2.03. The van der Waals surface area contributed by atoms with Gasteiger partial charge in [-0.1, -0.05) is 34.6 Å². The summed E-state index contributed by atoms with van der Waals surface area (Å²) in [6.45, 7) is 13.6. The molecule has 5 nitrogen and oxygen atoms in total. The summed E-state index contributed by atoms with van der Waals surface area (Å²) in [5.41, 5.74) is 5.03. The Morgan fingerprint density at radius 1 is 1.16 bits per heavy atom. The van der Waals surface area contributed by atoms with E-state index < -0.39 is 0 Å². The second-order valence-electron chi connectivity index (χ2n) is 3.80. The zero-order valence-electron chi connectivity index (χ0n) is 13.8. The van der Waals surface area contributed by atoms with Crippen LogP contribution in [-0.4, -0.2) is 38.9 Å². The van der Waals surface area contributed by atoms with Crippen LogP contribution in [0.25, 0.3) is 0 Å². The lowest BCUT2D eigenvalue weighted by atomic mass is 10.1. The van der Waals surface area contributed by atoms with E-state index in [4.69, 9.17) is 5.73 Å². The largest absolute Gasteiger partial charge is 0.352 e. The van der Waals surface area contributed by atoms with E-state index in [1.807, 2.05) is 20.9 Å². The van der Waals surface area contributed by atoms with Crippen LogP contribution in [0, 0.1) is 5.92 Å².